The molecular weight excluding hydrogens is 283 g/mol. The van der Waals surface area contributed by atoms with Crippen LogP contribution in [0.25, 0.3) is 0 Å². The topological polar surface area (TPSA) is 57.7 Å². The van der Waals surface area contributed by atoms with Crippen LogP contribution in [0.4, 0.5) is 19.0 Å². The number of hydrogen-bond donors (Lipinski definition) is 0. The van der Waals surface area contributed by atoms with Crippen LogP contribution in [0.2, 0.25) is 0 Å². The molecule has 0 aromatic carbocycles. The van der Waals surface area contributed by atoms with Crippen LogP contribution >= 0.6 is 0 Å². The minimum Gasteiger partial charge on any atom is -0.346 e. The Kier molecular flexibility index (Phi) is 3.05. The van der Waals surface area contributed by atoms with Crippen molar-refractivity contribution in [1.29, 1.82) is 5.26 Å². The van der Waals surface area contributed by atoms with E-state index in [0.717, 1.165) is 18.0 Å². The molecule has 0 aliphatic carbocycles. The van der Waals surface area contributed by atoms with Gasteiger partial charge in [-0.1, -0.05) is 0 Å². The molecular formula is C13H10F3N5. The fourth-order valence-corrected chi connectivity index (χ4v) is 2.29. The zero-order valence-corrected chi connectivity index (χ0v) is 10.8. The summed E-state index contributed by atoms with van der Waals surface area (Å²) in [7, 11) is 0. The van der Waals surface area contributed by atoms with Crippen LogP contribution in [0.3, 0.4) is 0 Å². The first kappa shape index (κ1) is 13.4. The molecule has 0 fully saturated rings. The molecule has 3 rings (SSSR count). The molecule has 0 saturated carbocycles. The number of nitrogens with zero attached hydrogens (tertiary/aromatic N) is 5. The molecule has 1 aliphatic heterocycles. The zero-order chi connectivity index (χ0) is 15.0. The normalized spacial score (nSPS) is 14.7. The molecule has 21 heavy (non-hydrogen) atoms. The second-order valence-corrected chi connectivity index (χ2v) is 4.64. The molecule has 8 heteroatoms. The van der Waals surface area contributed by atoms with Crippen molar-refractivity contribution in [3.8, 4) is 6.07 Å². The Morgan fingerprint density at radius 3 is 2.76 bits per heavy atom. The average Bonchev–Trinajstić information content (AvgIpc) is 2.93. The Morgan fingerprint density at radius 2 is 2.05 bits per heavy atom. The predicted molar refractivity (Wildman–Crippen MR) is 67.2 cm³/mol. The molecule has 0 saturated heterocycles. The molecule has 5 nitrogen and oxygen atoms in total. The number of imidazole rings is 1. The van der Waals surface area contributed by atoms with Crippen molar-refractivity contribution in [2.45, 2.75) is 19.3 Å². The van der Waals surface area contributed by atoms with Gasteiger partial charge >= 0.3 is 6.18 Å². The van der Waals surface area contributed by atoms with E-state index in [9.17, 15) is 13.2 Å². The summed E-state index contributed by atoms with van der Waals surface area (Å²) in [6.07, 6.45) is -1.07. The van der Waals surface area contributed by atoms with Crippen molar-refractivity contribution in [2.24, 2.45) is 0 Å². The lowest BCUT2D eigenvalue weighted by Gasteiger charge is -2.29. The number of fused-ring (bicyclic) bond motifs is 1. The van der Waals surface area contributed by atoms with Gasteiger partial charge in [-0.2, -0.15) is 18.4 Å². The molecule has 0 amide bonds. The zero-order valence-electron chi connectivity index (χ0n) is 10.8. The number of halogens is 3. The Labute approximate surface area is 118 Å². The fraction of sp³-hybridized carbons (Fsp3) is 0.308. The van der Waals surface area contributed by atoms with Gasteiger partial charge in [-0.05, 0) is 12.1 Å². The molecule has 108 valence electrons. The summed E-state index contributed by atoms with van der Waals surface area (Å²) in [6.45, 7) is 1.40. The largest absolute Gasteiger partial charge is 0.433 e. The number of anilines is 1. The quantitative estimate of drug-likeness (QED) is 0.808. The van der Waals surface area contributed by atoms with E-state index in [2.05, 4.69) is 9.97 Å². The minimum atomic E-state index is -4.53. The summed E-state index contributed by atoms with van der Waals surface area (Å²) in [5, 5.41) is 9.08. The van der Waals surface area contributed by atoms with Crippen LogP contribution in [0.1, 0.15) is 17.1 Å². The molecule has 0 atom stereocenters. The Balaban J connectivity index is 2.00. The highest BCUT2D eigenvalue weighted by molar-refractivity contribution is 5.55. The van der Waals surface area contributed by atoms with Gasteiger partial charge in [0.2, 0.25) is 0 Å². The van der Waals surface area contributed by atoms with Gasteiger partial charge in [0.25, 0.3) is 0 Å². The summed E-state index contributed by atoms with van der Waals surface area (Å²) in [5.41, 5.74) is -0.867. The minimum absolute atomic E-state index is 0.0570. The van der Waals surface area contributed by atoms with Gasteiger partial charge in [0, 0.05) is 25.5 Å². The molecule has 0 unspecified atom stereocenters. The van der Waals surface area contributed by atoms with Gasteiger partial charge < -0.3 is 9.47 Å². The van der Waals surface area contributed by atoms with Crippen molar-refractivity contribution in [2.75, 3.05) is 11.4 Å². The van der Waals surface area contributed by atoms with Gasteiger partial charge in [0.05, 0.1) is 12.1 Å². The van der Waals surface area contributed by atoms with E-state index >= 15 is 0 Å². The highest BCUT2D eigenvalue weighted by Crippen LogP contribution is 2.31. The fourth-order valence-electron chi connectivity index (χ4n) is 2.29. The number of rotatable bonds is 1. The van der Waals surface area contributed by atoms with Gasteiger partial charge in [-0.25, -0.2) is 9.97 Å². The summed E-state index contributed by atoms with van der Waals surface area (Å²) in [4.78, 5) is 9.43. The first-order valence-corrected chi connectivity index (χ1v) is 6.22. The number of pyridine rings is 1. The molecule has 3 heterocycles. The van der Waals surface area contributed by atoms with Crippen molar-refractivity contribution < 1.29 is 13.2 Å². The lowest BCUT2D eigenvalue weighted by molar-refractivity contribution is -0.141. The smallest absolute Gasteiger partial charge is 0.346 e. The van der Waals surface area contributed by atoms with Crippen LogP contribution in [-0.2, 0) is 19.3 Å². The second-order valence-electron chi connectivity index (χ2n) is 4.64. The monoisotopic (exact) mass is 293 g/mol. The Morgan fingerprint density at radius 1 is 1.24 bits per heavy atom. The van der Waals surface area contributed by atoms with Crippen LogP contribution in [0.15, 0.2) is 24.5 Å². The van der Waals surface area contributed by atoms with Crippen LogP contribution in [-0.4, -0.2) is 21.1 Å². The van der Waals surface area contributed by atoms with Gasteiger partial charge in [-0.3, -0.25) is 0 Å². The molecule has 2 aromatic rings. The number of hydrogen-bond acceptors (Lipinski definition) is 4. The third-order valence-electron chi connectivity index (χ3n) is 3.33. The van der Waals surface area contributed by atoms with E-state index in [1.165, 1.54) is 0 Å². The van der Waals surface area contributed by atoms with E-state index < -0.39 is 11.9 Å². The summed E-state index contributed by atoms with van der Waals surface area (Å²) >= 11 is 0. The lowest BCUT2D eigenvalue weighted by Crippen LogP contribution is -2.35. The first-order chi connectivity index (χ1) is 9.99. The number of nitriles is 1. The van der Waals surface area contributed by atoms with E-state index in [-0.39, 0.29) is 11.4 Å². The maximum Gasteiger partial charge on any atom is 0.433 e. The molecule has 0 radical (unpaired) electrons. The van der Waals surface area contributed by atoms with Gasteiger partial charge in [0.15, 0.2) is 0 Å². The highest BCUT2D eigenvalue weighted by atomic mass is 19.4. The van der Waals surface area contributed by atoms with E-state index in [1.54, 1.807) is 11.1 Å². The van der Waals surface area contributed by atoms with Crippen LogP contribution in [0.5, 0.6) is 0 Å². The third kappa shape index (κ3) is 2.42. The third-order valence-corrected chi connectivity index (χ3v) is 3.33. The Bertz CT molecular complexity index is 713. The van der Waals surface area contributed by atoms with Crippen molar-refractivity contribution >= 4 is 5.82 Å². The van der Waals surface area contributed by atoms with Crippen LogP contribution < -0.4 is 4.90 Å². The molecule has 1 aliphatic rings. The van der Waals surface area contributed by atoms with Crippen molar-refractivity contribution in [1.82, 2.24) is 14.5 Å². The van der Waals surface area contributed by atoms with Gasteiger partial charge in [-0.15, -0.1) is 0 Å². The molecule has 0 N–H and O–H groups in total. The van der Waals surface area contributed by atoms with Crippen LogP contribution in [0, 0.1) is 11.3 Å². The predicted octanol–water partition coefficient (Wildman–Crippen LogP) is 2.19. The van der Waals surface area contributed by atoms with E-state index in [1.807, 2.05) is 16.8 Å². The van der Waals surface area contributed by atoms with E-state index in [0.29, 0.717) is 19.6 Å². The van der Waals surface area contributed by atoms with Crippen molar-refractivity contribution in [3.05, 3.63) is 41.6 Å². The average molecular weight is 293 g/mol. The maximum atomic E-state index is 12.8. The SMILES string of the molecule is N#Cc1ccc(C(F)(F)F)nc1N1CCn2ccnc2C1. The second kappa shape index (κ2) is 4.77. The Hall–Kier alpha value is -2.56. The maximum absolute atomic E-state index is 12.8. The summed E-state index contributed by atoms with van der Waals surface area (Å²) < 4.78 is 40.3. The van der Waals surface area contributed by atoms with Gasteiger partial charge in [0.1, 0.15) is 23.4 Å². The van der Waals surface area contributed by atoms with E-state index in [4.69, 9.17) is 5.26 Å². The lowest BCUT2D eigenvalue weighted by atomic mass is 10.2. The molecule has 0 spiro atoms. The number of alkyl halides is 3. The highest BCUT2D eigenvalue weighted by Gasteiger charge is 2.34. The summed E-state index contributed by atoms with van der Waals surface area (Å²) in [6, 6.07) is 3.88. The molecule has 2 aromatic heterocycles. The summed E-state index contributed by atoms with van der Waals surface area (Å²) in [5.74, 6) is 0.797. The standard InChI is InChI=1S/C13H10F3N5/c14-13(15,16)10-2-1-9(7-17)12(19-10)21-6-5-20-4-3-18-11(20)8-21/h1-4H,5-6,8H2. The van der Waals surface area contributed by atoms with Crippen molar-refractivity contribution in [3.63, 3.8) is 0 Å². The first-order valence-electron chi connectivity index (χ1n) is 6.22. The number of aromatic nitrogens is 3. The molecule has 0 bridgehead atoms.